The van der Waals surface area contributed by atoms with Crippen LogP contribution >= 0.6 is 0 Å². The van der Waals surface area contributed by atoms with Gasteiger partial charge < -0.3 is 15.0 Å². The number of amides is 2. The number of nitrogens with one attached hydrogen (secondary N) is 1. The fraction of sp³-hybridized carbons (Fsp3) is 0.375. The van der Waals surface area contributed by atoms with E-state index >= 15 is 0 Å². The molecule has 6 heteroatoms. The van der Waals surface area contributed by atoms with E-state index < -0.39 is 5.92 Å². The maximum Gasteiger partial charge on any atom is 0.338 e. The van der Waals surface area contributed by atoms with Crippen molar-refractivity contribution in [2.75, 3.05) is 23.4 Å². The fourth-order valence-electron chi connectivity index (χ4n) is 3.35. The molecule has 1 aliphatic rings. The van der Waals surface area contributed by atoms with Crippen LogP contribution in [0, 0.1) is 19.8 Å². The number of hydrogen-bond acceptors (Lipinski definition) is 4. The van der Waals surface area contributed by atoms with Gasteiger partial charge in [-0.3, -0.25) is 9.59 Å². The second-order valence-corrected chi connectivity index (χ2v) is 7.73. The van der Waals surface area contributed by atoms with Gasteiger partial charge in [0.1, 0.15) is 0 Å². The van der Waals surface area contributed by atoms with Crippen molar-refractivity contribution in [2.24, 2.45) is 5.92 Å². The summed E-state index contributed by atoms with van der Waals surface area (Å²) in [6.45, 7) is 6.82. The lowest BCUT2D eigenvalue weighted by molar-refractivity contribution is -0.122. The normalized spacial score (nSPS) is 15.9. The summed E-state index contributed by atoms with van der Waals surface area (Å²) in [5.41, 5.74) is 4.13. The van der Waals surface area contributed by atoms with Crippen molar-refractivity contribution in [3.8, 4) is 0 Å². The summed E-state index contributed by atoms with van der Waals surface area (Å²) in [6, 6.07) is 12.5. The molecule has 6 nitrogen and oxygen atoms in total. The van der Waals surface area contributed by atoms with Crippen LogP contribution in [0.25, 0.3) is 0 Å². The van der Waals surface area contributed by atoms with E-state index in [1.165, 1.54) is 0 Å². The van der Waals surface area contributed by atoms with E-state index in [0.29, 0.717) is 24.4 Å². The highest BCUT2D eigenvalue weighted by atomic mass is 16.5. The van der Waals surface area contributed by atoms with E-state index in [0.717, 1.165) is 29.7 Å². The molecule has 2 aromatic carbocycles. The van der Waals surface area contributed by atoms with Crippen LogP contribution in [0.2, 0.25) is 0 Å². The number of hydrogen-bond donors (Lipinski definition) is 1. The van der Waals surface area contributed by atoms with Crippen LogP contribution < -0.4 is 10.2 Å². The Morgan fingerprint density at radius 2 is 1.83 bits per heavy atom. The molecular weight excluding hydrogens is 380 g/mol. The van der Waals surface area contributed by atoms with Gasteiger partial charge in [-0.25, -0.2) is 4.79 Å². The Morgan fingerprint density at radius 1 is 1.10 bits per heavy atom. The molecule has 0 aliphatic carbocycles. The van der Waals surface area contributed by atoms with Gasteiger partial charge in [0, 0.05) is 24.3 Å². The second-order valence-electron chi connectivity index (χ2n) is 7.73. The first kappa shape index (κ1) is 21.6. The topological polar surface area (TPSA) is 75.7 Å². The summed E-state index contributed by atoms with van der Waals surface area (Å²) >= 11 is 0. The van der Waals surface area contributed by atoms with Gasteiger partial charge in [-0.1, -0.05) is 19.4 Å². The monoisotopic (exact) mass is 408 g/mol. The standard InChI is InChI=1S/C24H28N2O4/c1-4-5-12-30-24(29)18-7-9-20(10-8-18)25-23(28)19-14-22(27)26(15-19)21-11-6-16(2)17(3)13-21/h6-11,13,19H,4-5,12,14-15H2,1-3H3,(H,25,28)/t19-/m0/s1. The van der Waals surface area contributed by atoms with Crippen molar-refractivity contribution in [1.29, 1.82) is 0 Å². The van der Waals surface area contributed by atoms with Gasteiger partial charge in [-0.05, 0) is 67.8 Å². The molecule has 30 heavy (non-hydrogen) atoms. The molecule has 2 aromatic rings. The number of benzene rings is 2. The number of nitrogens with zero attached hydrogens (tertiary/aromatic N) is 1. The van der Waals surface area contributed by atoms with Crippen LogP contribution in [-0.2, 0) is 14.3 Å². The van der Waals surface area contributed by atoms with Crippen LogP contribution in [-0.4, -0.2) is 30.9 Å². The zero-order valence-electron chi connectivity index (χ0n) is 17.7. The van der Waals surface area contributed by atoms with Crippen LogP contribution in [0.5, 0.6) is 0 Å². The first-order chi connectivity index (χ1) is 14.4. The predicted molar refractivity (Wildman–Crippen MR) is 117 cm³/mol. The molecule has 1 aliphatic heterocycles. The molecule has 1 atom stereocenters. The molecule has 1 N–H and O–H groups in total. The molecule has 0 radical (unpaired) electrons. The van der Waals surface area contributed by atoms with Crippen molar-refractivity contribution in [2.45, 2.75) is 40.0 Å². The predicted octanol–water partition coefficient (Wildman–Crippen LogP) is 4.25. The highest BCUT2D eigenvalue weighted by Crippen LogP contribution is 2.27. The summed E-state index contributed by atoms with van der Waals surface area (Å²) in [4.78, 5) is 38.8. The summed E-state index contributed by atoms with van der Waals surface area (Å²) in [5, 5.41) is 2.85. The number of aryl methyl sites for hydroxylation is 2. The number of carbonyl (C=O) groups is 3. The zero-order chi connectivity index (χ0) is 21.7. The van der Waals surface area contributed by atoms with E-state index in [1.54, 1.807) is 29.2 Å². The van der Waals surface area contributed by atoms with Crippen molar-refractivity contribution >= 4 is 29.2 Å². The highest BCUT2D eigenvalue weighted by Gasteiger charge is 2.35. The van der Waals surface area contributed by atoms with Crippen LogP contribution in [0.4, 0.5) is 11.4 Å². The van der Waals surface area contributed by atoms with E-state index in [-0.39, 0.29) is 24.2 Å². The molecule has 0 unspecified atom stereocenters. The average molecular weight is 408 g/mol. The van der Waals surface area contributed by atoms with Crippen LogP contribution in [0.15, 0.2) is 42.5 Å². The summed E-state index contributed by atoms with van der Waals surface area (Å²) in [7, 11) is 0. The number of esters is 1. The number of carbonyl (C=O) groups excluding carboxylic acids is 3. The third-order valence-electron chi connectivity index (χ3n) is 5.42. The van der Waals surface area contributed by atoms with Gasteiger partial charge in [0.05, 0.1) is 18.1 Å². The Hall–Kier alpha value is -3.15. The Balaban J connectivity index is 1.59. The summed E-state index contributed by atoms with van der Waals surface area (Å²) < 4.78 is 5.18. The maximum atomic E-state index is 12.7. The molecule has 158 valence electrons. The molecule has 1 saturated heterocycles. The van der Waals surface area contributed by atoms with Gasteiger partial charge in [0.25, 0.3) is 0 Å². The maximum absolute atomic E-state index is 12.7. The van der Waals surface area contributed by atoms with Gasteiger partial charge in [-0.2, -0.15) is 0 Å². The molecule has 0 aromatic heterocycles. The lowest BCUT2D eigenvalue weighted by Gasteiger charge is -2.18. The first-order valence-electron chi connectivity index (χ1n) is 10.3. The van der Waals surface area contributed by atoms with Crippen molar-refractivity contribution in [3.63, 3.8) is 0 Å². The smallest absolute Gasteiger partial charge is 0.338 e. The average Bonchev–Trinajstić information content (AvgIpc) is 3.12. The zero-order valence-corrected chi connectivity index (χ0v) is 17.7. The van der Waals surface area contributed by atoms with Crippen LogP contribution in [0.1, 0.15) is 47.7 Å². The summed E-state index contributed by atoms with van der Waals surface area (Å²) in [5.74, 6) is -1.04. The van der Waals surface area contributed by atoms with Crippen molar-refractivity contribution in [1.82, 2.24) is 0 Å². The number of ether oxygens (including phenoxy) is 1. The van der Waals surface area contributed by atoms with Crippen molar-refractivity contribution in [3.05, 3.63) is 59.2 Å². The first-order valence-corrected chi connectivity index (χ1v) is 10.3. The number of anilines is 2. The van der Waals surface area contributed by atoms with Gasteiger partial charge >= 0.3 is 5.97 Å². The molecule has 1 heterocycles. The second kappa shape index (κ2) is 9.57. The van der Waals surface area contributed by atoms with Crippen LogP contribution in [0.3, 0.4) is 0 Å². The van der Waals surface area contributed by atoms with E-state index in [2.05, 4.69) is 5.32 Å². The lowest BCUT2D eigenvalue weighted by Crippen LogP contribution is -2.28. The van der Waals surface area contributed by atoms with E-state index in [1.807, 2.05) is 39.0 Å². The molecule has 2 amide bonds. The minimum atomic E-state index is -0.419. The minimum Gasteiger partial charge on any atom is -0.462 e. The number of rotatable bonds is 7. The lowest BCUT2D eigenvalue weighted by atomic mass is 10.1. The molecule has 3 rings (SSSR count). The Bertz CT molecular complexity index is 937. The molecular formula is C24H28N2O4. The van der Waals surface area contributed by atoms with E-state index in [4.69, 9.17) is 4.74 Å². The molecule has 0 bridgehead atoms. The highest BCUT2D eigenvalue weighted by molar-refractivity contribution is 6.03. The Morgan fingerprint density at radius 3 is 2.50 bits per heavy atom. The van der Waals surface area contributed by atoms with Crippen molar-refractivity contribution < 1.29 is 19.1 Å². The summed E-state index contributed by atoms with van der Waals surface area (Å²) in [6.07, 6.45) is 1.97. The largest absolute Gasteiger partial charge is 0.462 e. The molecule has 1 fully saturated rings. The molecule has 0 saturated carbocycles. The van der Waals surface area contributed by atoms with E-state index in [9.17, 15) is 14.4 Å². The molecule has 0 spiro atoms. The Kier molecular flexibility index (Phi) is 6.87. The van der Waals surface area contributed by atoms with Gasteiger partial charge in [-0.15, -0.1) is 0 Å². The SMILES string of the molecule is CCCCOC(=O)c1ccc(NC(=O)[C@H]2CC(=O)N(c3ccc(C)c(C)c3)C2)cc1. The fourth-order valence-corrected chi connectivity index (χ4v) is 3.35. The van der Waals surface area contributed by atoms with Gasteiger partial charge in [0.15, 0.2) is 0 Å². The number of unbranched alkanes of at least 4 members (excludes halogenated alkanes) is 1. The van der Waals surface area contributed by atoms with Gasteiger partial charge in [0.2, 0.25) is 11.8 Å². The third-order valence-corrected chi connectivity index (χ3v) is 5.42. The minimum absolute atomic E-state index is 0.0522. The third kappa shape index (κ3) is 5.06. The Labute approximate surface area is 177 Å². The quantitative estimate of drug-likeness (QED) is 0.549.